The highest BCUT2D eigenvalue weighted by Crippen LogP contribution is 2.34. The van der Waals surface area contributed by atoms with Crippen molar-refractivity contribution in [2.45, 2.75) is 13.3 Å². The van der Waals surface area contributed by atoms with E-state index in [0.717, 1.165) is 24.3 Å². The Morgan fingerprint density at radius 2 is 2.05 bits per heavy atom. The molecule has 5 heteroatoms. The molecule has 0 radical (unpaired) electrons. The number of halogens is 3. The van der Waals surface area contributed by atoms with Gasteiger partial charge in [-0.15, -0.1) is 12.4 Å². The third-order valence-electron chi connectivity index (χ3n) is 3.36. The molecule has 1 heterocycles. The minimum absolute atomic E-state index is 0. The van der Waals surface area contributed by atoms with Crippen molar-refractivity contribution in [1.29, 1.82) is 0 Å². The SMILES string of the molecule is Cc1c(Oc2ccc(Br)c(F)c2)ccc2c1CCN2.Cl. The van der Waals surface area contributed by atoms with E-state index in [1.165, 1.54) is 17.3 Å². The molecule has 0 unspecified atom stereocenters. The largest absolute Gasteiger partial charge is 0.457 e. The number of rotatable bonds is 2. The van der Waals surface area contributed by atoms with Crippen molar-refractivity contribution in [2.24, 2.45) is 0 Å². The van der Waals surface area contributed by atoms with Crippen LogP contribution in [-0.2, 0) is 6.42 Å². The molecule has 0 fully saturated rings. The van der Waals surface area contributed by atoms with E-state index in [-0.39, 0.29) is 18.2 Å². The van der Waals surface area contributed by atoms with Crippen LogP contribution in [0.1, 0.15) is 11.1 Å². The molecule has 20 heavy (non-hydrogen) atoms. The van der Waals surface area contributed by atoms with Crippen LogP contribution in [0.3, 0.4) is 0 Å². The molecule has 0 atom stereocenters. The van der Waals surface area contributed by atoms with Crippen LogP contribution in [0.2, 0.25) is 0 Å². The highest BCUT2D eigenvalue weighted by atomic mass is 79.9. The van der Waals surface area contributed by atoms with Gasteiger partial charge >= 0.3 is 0 Å². The first-order valence-electron chi connectivity index (χ1n) is 6.14. The van der Waals surface area contributed by atoms with Gasteiger partial charge in [0.15, 0.2) is 0 Å². The van der Waals surface area contributed by atoms with Crippen LogP contribution in [0.5, 0.6) is 11.5 Å². The van der Waals surface area contributed by atoms with Gasteiger partial charge in [-0.3, -0.25) is 0 Å². The smallest absolute Gasteiger partial charge is 0.141 e. The van der Waals surface area contributed by atoms with E-state index in [4.69, 9.17) is 4.74 Å². The first-order chi connectivity index (χ1) is 9.15. The minimum Gasteiger partial charge on any atom is -0.457 e. The van der Waals surface area contributed by atoms with Crippen molar-refractivity contribution in [3.8, 4) is 11.5 Å². The lowest BCUT2D eigenvalue weighted by atomic mass is 10.1. The molecule has 0 aromatic heterocycles. The lowest BCUT2D eigenvalue weighted by Crippen LogP contribution is -1.92. The Bertz CT molecular complexity index is 648. The van der Waals surface area contributed by atoms with Gasteiger partial charge in [-0.05, 0) is 64.7 Å². The Morgan fingerprint density at radius 3 is 2.80 bits per heavy atom. The van der Waals surface area contributed by atoms with Crippen molar-refractivity contribution >= 4 is 34.0 Å². The van der Waals surface area contributed by atoms with Gasteiger partial charge < -0.3 is 10.1 Å². The molecular formula is C15H14BrClFNO. The van der Waals surface area contributed by atoms with Gasteiger partial charge in [-0.1, -0.05) is 0 Å². The predicted molar refractivity (Wildman–Crippen MR) is 84.8 cm³/mol. The molecule has 3 rings (SSSR count). The summed E-state index contributed by atoms with van der Waals surface area (Å²) in [6, 6.07) is 8.72. The van der Waals surface area contributed by atoms with Crippen molar-refractivity contribution in [3.63, 3.8) is 0 Å². The molecule has 0 saturated heterocycles. The standard InChI is InChI=1S/C15H13BrFNO.ClH/c1-9-11-6-7-18-14(11)4-5-15(9)19-10-2-3-12(16)13(17)8-10;/h2-5,8,18H,6-7H2,1H3;1H. The number of hydrogen-bond acceptors (Lipinski definition) is 2. The quantitative estimate of drug-likeness (QED) is 0.808. The molecule has 1 aliphatic heterocycles. The van der Waals surface area contributed by atoms with Crippen LogP contribution < -0.4 is 10.1 Å². The summed E-state index contributed by atoms with van der Waals surface area (Å²) in [5.41, 5.74) is 3.58. The second kappa shape index (κ2) is 6.02. The number of anilines is 1. The molecular weight excluding hydrogens is 345 g/mol. The van der Waals surface area contributed by atoms with Gasteiger partial charge in [0.2, 0.25) is 0 Å². The van der Waals surface area contributed by atoms with Gasteiger partial charge in [0, 0.05) is 18.3 Å². The molecule has 2 aromatic carbocycles. The fraction of sp³-hybridized carbons (Fsp3) is 0.200. The molecule has 1 N–H and O–H groups in total. The molecule has 106 valence electrons. The first-order valence-corrected chi connectivity index (χ1v) is 6.94. The van der Waals surface area contributed by atoms with Gasteiger partial charge in [0.1, 0.15) is 17.3 Å². The van der Waals surface area contributed by atoms with Crippen molar-refractivity contribution in [2.75, 3.05) is 11.9 Å². The minimum atomic E-state index is -0.321. The van der Waals surface area contributed by atoms with Gasteiger partial charge in [0.05, 0.1) is 4.47 Å². The maximum absolute atomic E-state index is 13.5. The number of hydrogen-bond donors (Lipinski definition) is 1. The molecule has 0 saturated carbocycles. The molecule has 0 amide bonds. The zero-order valence-corrected chi connectivity index (χ0v) is 13.3. The topological polar surface area (TPSA) is 21.3 Å². The number of ether oxygens (including phenoxy) is 1. The lowest BCUT2D eigenvalue weighted by molar-refractivity contribution is 0.472. The summed E-state index contributed by atoms with van der Waals surface area (Å²) in [6.45, 7) is 3.00. The Morgan fingerprint density at radius 1 is 1.25 bits per heavy atom. The number of benzene rings is 2. The average Bonchev–Trinajstić information content (AvgIpc) is 2.86. The molecule has 2 aromatic rings. The van der Waals surface area contributed by atoms with E-state index in [2.05, 4.69) is 21.2 Å². The third-order valence-corrected chi connectivity index (χ3v) is 4.00. The number of fused-ring (bicyclic) bond motifs is 1. The summed E-state index contributed by atoms with van der Waals surface area (Å²) in [6.07, 6.45) is 1.01. The maximum atomic E-state index is 13.5. The predicted octanol–water partition coefficient (Wildman–Crippen LogP) is 5.08. The maximum Gasteiger partial charge on any atom is 0.141 e. The second-order valence-corrected chi connectivity index (χ2v) is 5.42. The Kier molecular flexibility index (Phi) is 4.55. The summed E-state index contributed by atoms with van der Waals surface area (Å²) in [5, 5.41) is 3.33. The second-order valence-electron chi connectivity index (χ2n) is 4.57. The summed E-state index contributed by atoms with van der Waals surface area (Å²) in [7, 11) is 0. The van der Waals surface area contributed by atoms with E-state index >= 15 is 0 Å². The average molecular weight is 359 g/mol. The van der Waals surface area contributed by atoms with Crippen LogP contribution in [0.25, 0.3) is 0 Å². The Labute approximate surface area is 131 Å². The Balaban J connectivity index is 0.00000147. The normalized spacial score (nSPS) is 12.3. The highest BCUT2D eigenvalue weighted by molar-refractivity contribution is 9.10. The van der Waals surface area contributed by atoms with Crippen molar-refractivity contribution in [1.82, 2.24) is 0 Å². The van der Waals surface area contributed by atoms with E-state index in [1.54, 1.807) is 12.1 Å². The van der Waals surface area contributed by atoms with Gasteiger partial charge in [-0.25, -0.2) is 4.39 Å². The monoisotopic (exact) mass is 357 g/mol. The van der Waals surface area contributed by atoms with Gasteiger partial charge in [0.25, 0.3) is 0 Å². The lowest BCUT2D eigenvalue weighted by Gasteiger charge is -2.12. The van der Waals surface area contributed by atoms with Crippen molar-refractivity contribution < 1.29 is 9.13 Å². The van der Waals surface area contributed by atoms with Crippen LogP contribution in [0.15, 0.2) is 34.8 Å². The molecule has 0 aliphatic carbocycles. The molecule has 0 spiro atoms. The molecule has 2 nitrogen and oxygen atoms in total. The molecule has 1 aliphatic rings. The summed E-state index contributed by atoms with van der Waals surface area (Å²) in [5.74, 6) is 0.969. The summed E-state index contributed by atoms with van der Waals surface area (Å²) in [4.78, 5) is 0. The zero-order valence-electron chi connectivity index (χ0n) is 10.9. The fourth-order valence-corrected chi connectivity index (χ4v) is 2.57. The van der Waals surface area contributed by atoms with Crippen molar-refractivity contribution in [3.05, 3.63) is 51.7 Å². The summed E-state index contributed by atoms with van der Waals surface area (Å²) >= 11 is 3.13. The summed E-state index contributed by atoms with van der Waals surface area (Å²) < 4.78 is 19.7. The van der Waals surface area contributed by atoms with E-state index in [1.807, 2.05) is 19.1 Å². The van der Waals surface area contributed by atoms with E-state index < -0.39 is 0 Å². The highest BCUT2D eigenvalue weighted by Gasteiger charge is 2.16. The van der Waals surface area contributed by atoms with Gasteiger partial charge in [-0.2, -0.15) is 0 Å². The van der Waals surface area contributed by atoms with E-state index in [0.29, 0.717) is 10.2 Å². The van der Waals surface area contributed by atoms with E-state index in [9.17, 15) is 4.39 Å². The van der Waals surface area contributed by atoms with Crippen LogP contribution in [0, 0.1) is 12.7 Å². The third kappa shape index (κ3) is 2.76. The molecule has 0 bridgehead atoms. The van der Waals surface area contributed by atoms with Crippen LogP contribution >= 0.6 is 28.3 Å². The van der Waals surface area contributed by atoms with Crippen LogP contribution in [0.4, 0.5) is 10.1 Å². The fourth-order valence-electron chi connectivity index (χ4n) is 2.32. The zero-order chi connectivity index (χ0) is 13.4. The first kappa shape index (κ1) is 15.1. The number of nitrogens with one attached hydrogen (secondary N) is 1. The van der Waals surface area contributed by atoms with Crippen LogP contribution in [-0.4, -0.2) is 6.54 Å². The Hall–Kier alpha value is -1.26.